The normalized spacial score (nSPS) is 10.3. The molecule has 13 heavy (non-hydrogen) atoms. The molecule has 0 saturated heterocycles. The minimum Gasteiger partial charge on any atom is -0.320 e. The molecule has 1 aromatic heterocycles. The molecule has 0 unspecified atom stereocenters. The Labute approximate surface area is 80.0 Å². The molecule has 0 bridgehead atoms. The van der Waals surface area contributed by atoms with Gasteiger partial charge in [0.2, 0.25) is 5.82 Å². The van der Waals surface area contributed by atoms with Gasteiger partial charge >= 0.3 is 5.56 Å². The van der Waals surface area contributed by atoms with Crippen LogP contribution in [0.1, 0.15) is 6.42 Å². The van der Waals surface area contributed by atoms with Crippen LogP contribution in [0.5, 0.6) is 0 Å². The first-order valence-electron chi connectivity index (χ1n) is 3.97. The molecule has 4 N–H and O–H groups in total. The summed E-state index contributed by atoms with van der Waals surface area (Å²) in [4.78, 5) is 11.0. The predicted molar refractivity (Wildman–Crippen MR) is 52.8 cm³/mol. The third kappa shape index (κ3) is 2.79. The lowest BCUT2D eigenvalue weighted by Gasteiger charge is -2.13. The Hall–Kier alpha value is -0.920. The number of anilines is 1. The van der Waals surface area contributed by atoms with Gasteiger partial charge in [0.15, 0.2) is 0 Å². The van der Waals surface area contributed by atoms with Crippen molar-refractivity contribution in [3.8, 4) is 0 Å². The lowest BCUT2D eigenvalue weighted by molar-refractivity contribution is 0.692. The maximum Gasteiger partial charge on any atom is 0.303 e. The number of H-pyrrole nitrogens is 1. The van der Waals surface area contributed by atoms with Crippen LogP contribution in [0.15, 0.2) is 4.79 Å². The minimum absolute atomic E-state index is 0.225. The quantitative estimate of drug-likeness (QED) is 0.329. The summed E-state index contributed by atoms with van der Waals surface area (Å²) in [6, 6.07) is 0. The summed E-state index contributed by atoms with van der Waals surface area (Å²) < 4.78 is 6.33. The van der Waals surface area contributed by atoms with Crippen molar-refractivity contribution in [2.24, 2.45) is 5.84 Å². The van der Waals surface area contributed by atoms with Gasteiger partial charge in [0.25, 0.3) is 0 Å². The number of nitrogens with one attached hydrogen (secondary N) is 2. The van der Waals surface area contributed by atoms with Crippen molar-refractivity contribution >= 4 is 17.5 Å². The van der Waals surface area contributed by atoms with Crippen molar-refractivity contribution in [1.82, 2.24) is 14.1 Å². The zero-order valence-electron chi connectivity index (χ0n) is 7.41. The molecule has 74 valence electrons. The van der Waals surface area contributed by atoms with E-state index in [0.29, 0.717) is 12.4 Å². The van der Waals surface area contributed by atoms with Crippen molar-refractivity contribution in [1.29, 1.82) is 0 Å². The fraction of sp³-hybridized carbons (Fsp3) is 0.667. The van der Waals surface area contributed by atoms with Crippen LogP contribution >= 0.6 is 11.7 Å². The molecule has 0 amide bonds. The SMILES string of the molecule is CNCCCN(N)c1ns[nH]c1=O. The summed E-state index contributed by atoms with van der Waals surface area (Å²) in [6.07, 6.45) is 0.879. The van der Waals surface area contributed by atoms with E-state index in [4.69, 9.17) is 5.84 Å². The average molecular weight is 203 g/mol. The van der Waals surface area contributed by atoms with E-state index >= 15 is 0 Å². The Bertz CT molecular complexity index is 295. The first-order chi connectivity index (χ1) is 6.25. The molecule has 1 rings (SSSR count). The fourth-order valence-electron chi connectivity index (χ4n) is 0.910. The minimum atomic E-state index is -0.225. The van der Waals surface area contributed by atoms with Crippen molar-refractivity contribution in [3.63, 3.8) is 0 Å². The van der Waals surface area contributed by atoms with Crippen molar-refractivity contribution in [2.75, 3.05) is 25.1 Å². The van der Waals surface area contributed by atoms with Gasteiger partial charge in [0.1, 0.15) is 0 Å². The standard InChI is InChI=1S/C6H13N5OS/c1-8-3-2-4-11(7)5-6(12)10-13-9-5/h8H,2-4,7H2,1H3,(H,10,12). The number of hydrazine groups is 1. The van der Waals surface area contributed by atoms with Gasteiger partial charge in [-0.05, 0) is 20.0 Å². The van der Waals surface area contributed by atoms with Crippen LogP contribution in [0, 0.1) is 0 Å². The number of hydrogen-bond donors (Lipinski definition) is 3. The van der Waals surface area contributed by atoms with Crippen molar-refractivity contribution < 1.29 is 0 Å². The van der Waals surface area contributed by atoms with Crippen LogP contribution in [0.4, 0.5) is 5.82 Å². The summed E-state index contributed by atoms with van der Waals surface area (Å²) in [7, 11) is 1.87. The van der Waals surface area contributed by atoms with E-state index in [1.807, 2.05) is 7.05 Å². The zero-order valence-corrected chi connectivity index (χ0v) is 8.23. The first kappa shape index (κ1) is 10.2. The molecular formula is C6H13N5OS. The molecule has 6 nitrogen and oxygen atoms in total. The second kappa shape index (κ2) is 4.95. The largest absolute Gasteiger partial charge is 0.320 e. The Morgan fingerprint density at radius 2 is 2.54 bits per heavy atom. The Morgan fingerprint density at radius 1 is 1.77 bits per heavy atom. The zero-order chi connectivity index (χ0) is 9.68. The summed E-state index contributed by atoms with van der Waals surface area (Å²) >= 11 is 1.01. The Balaban J connectivity index is 2.44. The summed E-state index contributed by atoms with van der Waals surface area (Å²) in [5.41, 5.74) is -0.225. The molecule has 0 aliphatic carbocycles. The van der Waals surface area contributed by atoms with Crippen molar-refractivity contribution in [2.45, 2.75) is 6.42 Å². The van der Waals surface area contributed by atoms with E-state index in [1.54, 1.807) is 0 Å². The lowest BCUT2D eigenvalue weighted by atomic mass is 10.4. The van der Waals surface area contributed by atoms with Gasteiger partial charge in [-0.1, -0.05) is 0 Å². The van der Waals surface area contributed by atoms with Gasteiger partial charge in [0, 0.05) is 18.3 Å². The number of nitrogens with two attached hydrogens (primary N) is 1. The lowest BCUT2D eigenvalue weighted by Crippen LogP contribution is -2.36. The molecule has 0 saturated carbocycles. The van der Waals surface area contributed by atoms with Gasteiger partial charge in [-0.3, -0.25) is 14.2 Å². The molecule has 0 atom stereocenters. The van der Waals surface area contributed by atoms with Crippen LogP contribution in [-0.4, -0.2) is 28.9 Å². The Kier molecular flexibility index (Phi) is 3.87. The van der Waals surface area contributed by atoms with Crippen LogP contribution < -0.4 is 21.7 Å². The first-order valence-corrected chi connectivity index (χ1v) is 4.74. The molecule has 0 spiro atoms. The van der Waals surface area contributed by atoms with Crippen LogP contribution in [0.3, 0.4) is 0 Å². The highest BCUT2D eigenvalue weighted by atomic mass is 32.1. The molecule has 0 fully saturated rings. The van der Waals surface area contributed by atoms with Crippen LogP contribution in [0.2, 0.25) is 0 Å². The van der Waals surface area contributed by atoms with Gasteiger partial charge in [0.05, 0.1) is 0 Å². The summed E-state index contributed by atoms with van der Waals surface area (Å²) in [5, 5.41) is 4.36. The second-order valence-corrected chi connectivity index (χ2v) is 3.16. The third-order valence-electron chi connectivity index (χ3n) is 1.57. The average Bonchev–Trinajstić information content (AvgIpc) is 2.52. The number of hydrogen-bond acceptors (Lipinski definition) is 6. The molecule has 0 aliphatic heterocycles. The number of aromatic nitrogens is 2. The highest BCUT2D eigenvalue weighted by Gasteiger charge is 2.08. The molecule has 1 heterocycles. The van der Waals surface area contributed by atoms with Gasteiger partial charge in [-0.2, -0.15) is 4.37 Å². The number of nitrogens with zero attached hydrogens (tertiary/aromatic N) is 2. The van der Waals surface area contributed by atoms with E-state index in [0.717, 1.165) is 24.7 Å². The monoisotopic (exact) mass is 203 g/mol. The Morgan fingerprint density at radius 3 is 3.08 bits per heavy atom. The van der Waals surface area contributed by atoms with Crippen LogP contribution in [0.25, 0.3) is 0 Å². The topological polar surface area (TPSA) is 87.0 Å². The van der Waals surface area contributed by atoms with Gasteiger partial charge in [-0.25, -0.2) is 5.84 Å². The highest BCUT2D eigenvalue weighted by Crippen LogP contribution is 1.99. The van der Waals surface area contributed by atoms with Gasteiger partial charge < -0.3 is 5.32 Å². The molecule has 1 aromatic rings. The van der Waals surface area contributed by atoms with E-state index in [-0.39, 0.29) is 5.56 Å². The van der Waals surface area contributed by atoms with E-state index in [2.05, 4.69) is 14.1 Å². The molecule has 0 radical (unpaired) electrons. The molecule has 0 aliphatic rings. The smallest absolute Gasteiger partial charge is 0.303 e. The maximum atomic E-state index is 11.0. The van der Waals surface area contributed by atoms with E-state index in [1.165, 1.54) is 5.01 Å². The molecular weight excluding hydrogens is 190 g/mol. The molecule has 7 heteroatoms. The predicted octanol–water partition coefficient (Wildman–Crippen LogP) is -0.879. The van der Waals surface area contributed by atoms with E-state index < -0.39 is 0 Å². The maximum absolute atomic E-state index is 11.0. The summed E-state index contributed by atoms with van der Waals surface area (Å²) in [5.74, 6) is 5.90. The van der Waals surface area contributed by atoms with Crippen LogP contribution in [-0.2, 0) is 0 Å². The molecule has 0 aromatic carbocycles. The highest BCUT2D eigenvalue weighted by molar-refractivity contribution is 6.99. The fourth-order valence-corrected chi connectivity index (χ4v) is 1.40. The van der Waals surface area contributed by atoms with E-state index in [9.17, 15) is 4.79 Å². The number of rotatable bonds is 5. The summed E-state index contributed by atoms with van der Waals surface area (Å²) in [6.45, 7) is 1.49. The van der Waals surface area contributed by atoms with Gasteiger partial charge in [-0.15, -0.1) is 0 Å². The number of aromatic amines is 1. The second-order valence-electron chi connectivity index (χ2n) is 2.59. The van der Waals surface area contributed by atoms with Crippen molar-refractivity contribution in [3.05, 3.63) is 10.4 Å². The third-order valence-corrected chi connectivity index (χ3v) is 2.11.